The monoisotopic (exact) mass is 423 g/mol. The van der Waals surface area contributed by atoms with Crippen molar-refractivity contribution in [3.63, 3.8) is 0 Å². The fraction of sp³-hybridized carbons (Fsp3) is 0.316. The summed E-state index contributed by atoms with van der Waals surface area (Å²) in [4.78, 5) is 12.3. The van der Waals surface area contributed by atoms with Gasteiger partial charge in [-0.1, -0.05) is 41.4 Å². The van der Waals surface area contributed by atoms with Gasteiger partial charge in [-0.3, -0.25) is 4.79 Å². The minimum atomic E-state index is -3.69. The summed E-state index contributed by atoms with van der Waals surface area (Å²) >= 11 is 6.05. The van der Waals surface area contributed by atoms with Gasteiger partial charge in [0, 0.05) is 25.3 Å². The van der Waals surface area contributed by atoms with Crippen LogP contribution in [0.2, 0.25) is 5.02 Å². The number of methoxy groups -OCH3 is 1. The summed E-state index contributed by atoms with van der Waals surface area (Å²) in [5, 5.41) is 3.03. The van der Waals surface area contributed by atoms with Crippen molar-refractivity contribution in [1.82, 2.24) is 8.61 Å². The molecule has 9 heteroatoms. The zero-order valence-electron chi connectivity index (χ0n) is 15.7. The van der Waals surface area contributed by atoms with Gasteiger partial charge in [-0.25, -0.2) is 0 Å². The van der Waals surface area contributed by atoms with Gasteiger partial charge in [-0.15, -0.1) is 0 Å². The van der Waals surface area contributed by atoms with Crippen LogP contribution in [0.5, 0.6) is 5.75 Å². The van der Waals surface area contributed by atoms with Crippen LogP contribution in [-0.4, -0.2) is 49.7 Å². The van der Waals surface area contributed by atoms with Crippen molar-refractivity contribution in [1.29, 1.82) is 0 Å². The van der Waals surface area contributed by atoms with Crippen molar-refractivity contribution in [2.45, 2.75) is 13.5 Å². The summed E-state index contributed by atoms with van der Waals surface area (Å²) in [5.41, 5.74) is 2.47. The first-order valence-electron chi connectivity index (χ1n) is 8.74. The van der Waals surface area contributed by atoms with E-state index in [1.54, 1.807) is 18.2 Å². The van der Waals surface area contributed by atoms with Gasteiger partial charge in [0.1, 0.15) is 5.75 Å². The molecule has 0 unspecified atom stereocenters. The molecule has 3 rings (SSSR count). The van der Waals surface area contributed by atoms with E-state index in [1.807, 2.05) is 31.2 Å². The normalized spacial score (nSPS) is 16.8. The minimum absolute atomic E-state index is 0.254. The van der Waals surface area contributed by atoms with Crippen LogP contribution in [0.3, 0.4) is 0 Å². The molecule has 7 nitrogen and oxygen atoms in total. The van der Waals surface area contributed by atoms with E-state index in [0.717, 1.165) is 11.1 Å². The van der Waals surface area contributed by atoms with Crippen LogP contribution >= 0.6 is 11.6 Å². The van der Waals surface area contributed by atoms with Crippen LogP contribution in [0.25, 0.3) is 0 Å². The number of anilines is 1. The summed E-state index contributed by atoms with van der Waals surface area (Å²) in [5.74, 6) is 0.0655. The quantitative estimate of drug-likeness (QED) is 0.774. The molecule has 1 N–H and O–H groups in total. The average molecular weight is 424 g/mol. The number of nitrogens with zero attached hydrogens (tertiary/aromatic N) is 2. The topological polar surface area (TPSA) is 79.0 Å². The summed E-state index contributed by atoms with van der Waals surface area (Å²) < 4.78 is 33.1. The van der Waals surface area contributed by atoms with Gasteiger partial charge in [-0.05, 0) is 30.7 Å². The van der Waals surface area contributed by atoms with Gasteiger partial charge in [0.25, 0.3) is 10.2 Å². The largest absolute Gasteiger partial charge is 0.495 e. The molecule has 28 heavy (non-hydrogen) atoms. The molecule has 2 aromatic rings. The highest BCUT2D eigenvalue weighted by atomic mass is 35.5. The fourth-order valence-electron chi connectivity index (χ4n) is 3.06. The Morgan fingerprint density at radius 3 is 2.61 bits per heavy atom. The molecule has 0 aliphatic carbocycles. The highest BCUT2D eigenvalue weighted by molar-refractivity contribution is 7.87. The van der Waals surface area contributed by atoms with Gasteiger partial charge < -0.3 is 10.1 Å². The lowest BCUT2D eigenvalue weighted by Gasteiger charge is -2.18. The Balaban J connectivity index is 1.63. The number of amides is 1. The second-order valence-corrected chi connectivity index (χ2v) is 8.90. The van der Waals surface area contributed by atoms with E-state index in [-0.39, 0.29) is 19.6 Å². The number of rotatable bonds is 6. The third-order valence-corrected chi connectivity index (χ3v) is 6.67. The Bertz CT molecular complexity index is 981. The van der Waals surface area contributed by atoms with E-state index in [1.165, 1.54) is 15.7 Å². The molecule has 0 atom stereocenters. The van der Waals surface area contributed by atoms with E-state index in [4.69, 9.17) is 16.3 Å². The molecule has 1 fully saturated rings. The summed E-state index contributed by atoms with van der Waals surface area (Å²) in [6.45, 7) is 2.61. The van der Waals surface area contributed by atoms with Crippen LogP contribution in [0.15, 0.2) is 42.5 Å². The summed E-state index contributed by atoms with van der Waals surface area (Å²) in [6, 6.07) is 12.5. The molecule has 0 aromatic heterocycles. The van der Waals surface area contributed by atoms with E-state index in [2.05, 4.69) is 5.32 Å². The number of hydrogen-bond donors (Lipinski definition) is 1. The van der Waals surface area contributed by atoms with Gasteiger partial charge in [-0.2, -0.15) is 17.0 Å². The first-order valence-corrected chi connectivity index (χ1v) is 10.5. The maximum atomic E-state index is 12.7. The number of hydrogen-bond acceptors (Lipinski definition) is 4. The average Bonchev–Trinajstić information content (AvgIpc) is 2.89. The SMILES string of the molecule is COc1ccc(NC(=O)CN2CCN(Cc3cccc(C)c3)S2(=O)=O)cc1Cl. The van der Waals surface area contributed by atoms with Gasteiger partial charge in [0.05, 0.1) is 18.7 Å². The van der Waals surface area contributed by atoms with Crippen LogP contribution in [0.1, 0.15) is 11.1 Å². The summed E-state index contributed by atoms with van der Waals surface area (Å²) in [6.07, 6.45) is 0. The lowest BCUT2D eigenvalue weighted by atomic mass is 10.1. The minimum Gasteiger partial charge on any atom is -0.495 e. The molecule has 0 bridgehead atoms. The molecule has 0 radical (unpaired) electrons. The first kappa shape index (κ1) is 20.6. The van der Waals surface area contributed by atoms with E-state index < -0.39 is 16.1 Å². The maximum absolute atomic E-state index is 12.7. The standard InChI is InChI=1S/C19H22ClN3O4S/c1-14-4-3-5-15(10-14)12-22-8-9-23(28(22,25)26)13-19(24)21-16-6-7-18(27-2)17(20)11-16/h3-7,10-11H,8-9,12-13H2,1-2H3,(H,21,24). The van der Waals surface area contributed by atoms with Crippen molar-refractivity contribution in [2.24, 2.45) is 0 Å². The molecule has 1 aliphatic rings. The molecule has 1 amide bonds. The highest BCUT2D eigenvalue weighted by Gasteiger charge is 2.37. The molecule has 0 saturated carbocycles. The van der Waals surface area contributed by atoms with E-state index >= 15 is 0 Å². The van der Waals surface area contributed by atoms with Crippen molar-refractivity contribution >= 4 is 33.4 Å². The van der Waals surface area contributed by atoms with Crippen molar-refractivity contribution in [2.75, 3.05) is 32.1 Å². The molecule has 2 aromatic carbocycles. The number of carbonyl (C=O) groups is 1. The van der Waals surface area contributed by atoms with Gasteiger partial charge in [0.2, 0.25) is 5.91 Å². The number of carbonyl (C=O) groups excluding carboxylic acids is 1. The number of halogens is 1. The third-order valence-electron chi connectivity index (χ3n) is 4.45. The lowest BCUT2D eigenvalue weighted by Crippen LogP contribution is -2.37. The molecular weight excluding hydrogens is 402 g/mol. The summed E-state index contributed by atoms with van der Waals surface area (Å²) in [7, 11) is -2.19. The predicted octanol–water partition coefficient (Wildman–Crippen LogP) is 2.66. The zero-order valence-corrected chi connectivity index (χ0v) is 17.3. The molecule has 1 heterocycles. The number of aryl methyl sites for hydroxylation is 1. The Hall–Kier alpha value is -2.13. The number of ether oxygens (including phenoxy) is 1. The van der Waals surface area contributed by atoms with Crippen LogP contribution in [0, 0.1) is 6.92 Å². The molecule has 150 valence electrons. The fourth-order valence-corrected chi connectivity index (χ4v) is 4.86. The smallest absolute Gasteiger partial charge is 0.282 e. The Kier molecular flexibility index (Phi) is 6.24. The van der Waals surface area contributed by atoms with Crippen LogP contribution < -0.4 is 10.1 Å². The van der Waals surface area contributed by atoms with Gasteiger partial charge in [0.15, 0.2) is 0 Å². The van der Waals surface area contributed by atoms with Crippen molar-refractivity contribution in [3.8, 4) is 5.75 Å². The van der Waals surface area contributed by atoms with Gasteiger partial charge >= 0.3 is 0 Å². The molecule has 1 aliphatic heterocycles. The second-order valence-electron chi connectivity index (χ2n) is 6.56. The highest BCUT2D eigenvalue weighted by Crippen LogP contribution is 2.27. The van der Waals surface area contributed by atoms with Crippen molar-refractivity contribution < 1.29 is 17.9 Å². The van der Waals surface area contributed by atoms with E-state index in [0.29, 0.717) is 23.0 Å². The second kappa shape index (κ2) is 8.48. The van der Waals surface area contributed by atoms with Crippen LogP contribution in [-0.2, 0) is 21.5 Å². The Morgan fingerprint density at radius 1 is 1.18 bits per heavy atom. The molecule has 0 spiro atoms. The predicted molar refractivity (Wildman–Crippen MR) is 109 cm³/mol. The van der Waals surface area contributed by atoms with Crippen LogP contribution in [0.4, 0.5) is 5.69 Å². The number of benzene rings is 2. The first-order chi connectivity index (χ1) is 13.3. The third kappa shape index (κ3) is 4.64. The molecule has 1 saturated heterocycles. The lowest BCUT2D eigenvalue weighted by molar-refractivity contribution is -0.116. The zero-order chi connectivity index (χ0) is 20.3. The Morgan fingerprint density at radius 2 is 1.93 bits per heavy atom. The van der Waals surface area contributed by atoms with Crippen molar-refractivity contribution in [3.05, 3.63) is 58.6 Å². The molecular formula is C19H22ClN3O4S. The Labute approximate surface area is 170 Å². The van der Waals surface area contributed by atoms with E-state index in [9.17, 15) is 13.2 Å². The number of nitrogens with one attached hydrogen (secondary N) is 1. The maximum Gasteiger partial charge on any atom is 0.282 e.